The van der Waals surface area contributed by atoms with Crippen molar-refractivity contribution >= 4 is 11.8 Å². The molecule has 0 spiro atoms. The summed E-state index contributed by atoms with van der Waals surface area (Å²) in [6, 6.07) is 6.01. The van der Waals surface area contributed by atoms with Gasteiger partial charge < -0.3 is 4.74 Å². The summed E-state index contributed by atoms with van der Waals surface area (Å²) in [5, 5.41) is 0. The maximum Gasteiger partial charge on any atom is 0.308 e. The number of fused-ring (bicyclic) bond motifs is 5. The van der Waals surface area contributed by atoms with E-state index in [9.17, 15) is 9.59 Å². The quantitative estimate of drug-likeness (QED) is 0.448. The third-order valence-corrected chi connectivity index (χ3v) is 6.13. The molecule has 1 aromatic carbocycles. The van der Waals surface area contributed by atoms with Crippen molar-refractivity contribution in [3.8, 4) is 5.75 Å². The number of allylic oxidation sites excluding steroid dienone is 2. The summed E-state index contributed by atoms with van der Waals surface area (Å²) in [7, 11) is 0. The van der Waals surface area contributed by atoms with E-state index in [4.69, 9.17) is 4.74 Å². The topological polar surface area (TPSA) is 43.4 Å². The van der Waals surface area contributed by atoms with Crippen molar-refractivity contribution in [2.75, 3.05) is 0 Å². The monoisotopic (exact) mass is 310 g/mol. The summed E-state index contributed by atoms with van der Waals surface area (Å²) in [4.78, 5) is 23.5. The maximum absolute atomic E-state index is 12.3. The molecule has 3 atom stereocenters. The number of carbonyl (C=O) groups excluding carboxylic acids is 2. The number of ether oxygens (including phenoxy) is 1. The predicted molar refractivity (Wildman–Crippen MR) is 87.4 cm³/mol. The van der Waals surface area contributed by atoms with Gasteiger partial charge in [0.15, 0.2) is 0 Å². The number of hydrogen-bond acceptors (Lipinski definition) is 3. The van der Waals surface area contributed by atoms with E-state index in [-0.39, 0.29) is 11.4 Å². The van der Waals surface area contributed by atoms with Gasteiger partial charge in [0.05, 0.1) is 0 Å². The van der Waals surface area contributed by atoms with E-state index in [2.05, 4.69) is 19.1 Å². The minimum atomic E-state index is -0.283. The van der Waals surface area contributed by atoms with Gasteiger partial charge in [0, 0.05) is 24.7 Å². The van der Waals surface area contributed by atoms with Crippen molar-refractivity contribution in [1.29, 1.82) is 0 Å². The Kier molecular flexibility index (Phi) is 3.22. The van der Waals surface area contributed by atoms with Crippen molar-refractivity contribution in [2.24, 2.45) is 11.3 Å². The highest BCUT2D eigenvalue weighted by Crippen LogP contribution is 2.57. The Hall–Kier alpha value is -1.90. The highest BCUT2D eigenvalue weighted by atomic mass is 16.5. The lowest BCUT2D eigenvalue weighted by Gasteiger charge is -2.43. The standard InChI is InChI=1S/C20H22O3/c1-12(21)23-14-4-6-15-13(11-14)3-5-17-16(15)9-10-20(2)18(17)7-8-19(20)22/h4-6,11,16,18H,3,7-10H2,1-2H3/t16?,18?,20-/m0/s1. The van der Waals surface area contributed by atoms with Crippen molar-refractivity contribution < 1.29 is 14.3 Å². The van der Waals surface area contributed by atoms with Crippen LogP contribution in [0.1, 0.15) is 56.6 Å². The molecule has 2 fully saturated rings. The zero-order valence-corrected chi connectivity index (χ0v) is 13.7. The first-order valence-electron chi connectivity index (χ1n) is 8.53. The van der Waals surface area contributed by atoms with Crippen molar-refractivity contribution in [3.63, 3.8) is 0 Å². The maximum atomic E-state index is 12.3. The molecule has 0 radical (unpaired) electrons. The van der Waals surface area contributed by atoms with Crippen LogP contribution >= 0.6 is 0 Å². The highest BCUT2D eigenvalue weighted by molar-refractivity contribution is 5.88. The van der Waals surface area contributed by atoms with Crippen LogP contribution in [0.2, 0.25) is 0 Å². The fraction of sp³-hybridized carbons (Fsp3) is 0.500. The second kappa shape index (κ2) is 5.05. The van der Waals surface area contributed by atoms with Crippen molar-refractivity contribution in [1.82, 2.24) is 0 Å². The summed E-state index contributed by atoms with van der Waals surface area (Å²) in [5.74, 6) is 1.67. The van der Waals surface area contributed by atoms with Crippen LogP contribution in [0.5, 0.6) is 5.75 Å². The Balaban J connectivity index is 1.68. The molecule has 2 unspecified atom stereocenters. The number of Topliss-reactive ketones (excluding diaryl/α,β-unsaturated/α-hetero) is 1. The lowest BCUT2D eigenvalue weighted by atomic mass is 9.60. The first-order valence-corrected chi connectivity index (χ1v) is 8.53. The molecule has 0 heterocycles. The Morgan fingerprint density at radius 3 is 2.91 bits per heavy atom. The molecular weight excluding hydrogens is 288 g/mol. The minimum Gasteiger partial charge on any atom is -0.427 e. The molecule has 4 rings (SSSR count). The second-order valence-corrected chi connectivity index (χ2v) is 7.39. The van der Waals surface area contributed by atoms with Crippen molar-refractivity contribution in [3.05, 3.63) is 41.0 Å². The third kappa shape index (κ3) is 2.17. The summed E-state index contributed by atoms with van der Waals surface area (Å²) in [6.45, 7) is 3.60. The molecule has 23 heavy (non-hydrogen) atoms. The highest BCUT2D eigenvalue weighted by Gasteiger charge is 2.52. The van der Waals surface area contributed by atoms with Crippen LogP contribution in [-0.2, 0) is 16.0 Å². The third-order valence-electron chi connectivity index (χ3n) is 6.13. The lowest BCUT2D eigenvalue weighted by molar-refractivity contribution is -0.132. The van der Waals surface area contributed by atoms with Gasteiger partial charge in [0.1, 0.15) is 11.5 Å². The van der Waals surface area contributed by atoms with Crippen LogP contribution in [0.15, 0.2) is 29.8 Å². The normalized spacial score (nSPS) is 31.7. The minimum absolute atomic E-state index is 0.127. The number of hydrogen-bond donors (Lipinski definition) is 0. The van der Waals surface area contributed by atoms with E-state index in [1.54, 1.807) is 0 Å². The SMILES string of the molecule is CC(=O)Oc1ccc2c(c1)CC=C1C2CC[C@]2(C)C(=O)CCC12. The van der Waals surface area contributed by atoms with Gasteiger partial charge in [-0.3, -0.25) is 9.59 Å². The Morgan fingerprint density at radius 1 is 1.30 bits per heavy atom. The summed E-state index contributed by atoms with van der Waals surface area (Å²) in [5.41, 5.74) is 3.97. The second-order valence-electron chi connectivity index (χ2n) is 7.39. The smallest absolute Gasteiger partial charge is 0.308 e. The molecule has 3 heteroatoms. The molecule has 0 aliphatic heterocycles. The average molecular weight is 310 g/mol. The number of carbonyl (C=O) groups is 2. The van der Waals surface area contributed by atoms with Crippen molar-refractivity contribution in [2.45, 2.75) is 51.9 Å². The van der Waals surface area contributed by atoms with Gasteiger partial charge in [-0.25, -0.2) is 0 Å². The van der Waals surface area contributed by atoms with Crippen LogP contribution in [0.25, 0.3) is 0 Å². The van der Waals surface area contributed by atoms with Gasteiger partial charge in [-0.05, 0) is 54.9 Å². The van der Waals surface area contributed by atoms with E-state index in [1.807, 2.05) is 12.1 Å². The number of benzene rings is 1. The average Bonchev–Trinajstić information content (AvgIpc) is 2.82. The number of ketones is 1. The van der Waals surface area contributed by atoms with E-state index >= 15 is 0 Å². The molecule has 2 saturated carbocycles. The molecule has 0 N–H and O–H groups in total. The first kappa shape index (κ1) is 14.7. The molecular formula is C20H22O3. The molecule has 0 bridgehead atoms. The Bertz CT molecular complexity index is 730. The largest absolute Gasteiger partial charge is 0.427 e. The number of esters is 1. The molecule has 3 nitrogen and oxygen atoms in total. The van der Waals surface area contributed by atoms with Gasteiger partial charge in [-0.1, -0.05) is 24.6 Å². The summed E-state index contributed by atoms with van der Waals surface area (Å²) in [6.07, 6.45) is 7.00. The van der Waals surface area contributed by atoms with E-state index < -0.39 is 0 Å². The summed E-state index contributed by atoms with van der Waals surface area (Å²) >= 11 is 0. The fourth-order valence-electron chi connectivity index (χ4n) is 4.95. The van der Waals surface area contributed by atoms with E-state index in [0.29, 0.717) is 23.4 Å². The Morgan fingerprint density at radius 2 is 2.13 bits per heavy atom. The van der Waals surface area contributed by atoms with Crippen LogP contribution in [-0.4, -0.2) is 11.8 Å². The van der Waals surface area contributed by atoms with E-state index in [0.717, 1.165) is 32.1 Å². The number of rotatable bonds is 1. The predicted octanol–water partition coefficient (Wildman–Crippen LogP) is 3.96. The van der Waals surface area contributed by atoms with E-state index in [1.165, 1.54) is 23.6 Å². The molecule has 1 aromatic rings. The Labute approximate surface area is 136 Å². The van der Waals surface area contributed by atoms with Gasteiger partial charge in [-0.15, -0.1) is 0 Å². The fourth-order valence-corrected chi connectivity index (χ4v) is 4.95. The van der Waals surface area contributed by atoms with Gasteiger partial charge in [0.2, 0.25) is 0 Å². The van der Waals surface area contributed by atoms with Gasteiger partial charge in [0.25, 0.3) is 0 Å². The van der Waals surface area contributed by atoms with Crippen LogP contribution in [0.3, 0.4) is 0 Å². The summed E-state index contributed by atoms with van der Waals surface area (Å²) < 4.78 is 5.21. The van der Waals surface area contributed by atoms with Crippen LogP contribution in [0, 0.1) is 11.3 Å². The molecule has 3 aliphatic rings. The molecule has 0 saturated heterocycles. The van der Waals surface area contributed by atoms with Gasteiger partial charge in [-0.2, -0.15) is 0 Å². The zero-order valence-electron chi connectivity index (χ0n) is 13.7. The van der Waals surface area contributed by atoms with Crippen LogP contribution < -0.4 is 4.74 Å². The zero-order chi connectivity index (χ0) is 16.2. The molecule has 0 aromatic heterocycles. The van der Waals surface area contributed by atoms with Gasteiger partial charge >= 0.3 is 5.97 Å². The molecule has 120 valence electrons. The molecule has 3 aliphatic carbocycles. The molecule has 0 amide bonds. The lowest BCUT2D eigenvalue weighted by Crippen LogP contribution is -2.37. The van der Waals surface area contributed by atoms with Crippen LogP contribution in [0.4, 0.5) is 0 Å². The first-order chi connectivity index (χ1) is 11.0.